The second kappa shape index (κ2) is 10.2. The van der Waals surface area contributed by atoms with Gasteiger partial charge in [-0.05, 0) is 48.4 Å². The van der Waals surface area contributed by atoms with Crippen LogP contribution in [-0.2, 0) is 13.2 Å². The van der Waals surface area contributed by atoms with Crippen molar-refractivity contribution < 1.29 is 14.5 Å². The topological polar surface area (TPSA) is 93.2 Å². The van der Waals surface area contributed by atoms with Crippen LogP contribution in [-0.4, -0.2) is 56.2 Å². The summed E-state index contributed by atoms with van der Waals surface area (Å²) >= 11 is 0. The van der Waals surface area contributed by atoms with Crippen molar-refractivity contribution in [3.05, 3.63) is 106 Å². The zero-order valence-corrected chi connectivity index (χ0v) is 20.0. The third kappa shape index (κ3) is 5.36. The molecular formula is C27H27N5O4. The van der Waals surface area contributed by atoms with Crippen LogP contribution in [0.1, 0.15) is 27.2 Å². The molecule has 0 radical (unpaired) electrons. The molecule has 0 spiro atoms. The molecule has 1 fully saturated rings. The third-order valence-electron chi connectivity index (χ3n) is 6.32. The monoisotopic (exact) mass is 485 g/mol. The van der Waals surface area contributed by atoms with Gasteiger partial charge >= 0.3 is 0 Å². The Balaban J connectivity index is 1.12. The van der Waals surface area contributed by atoms with Crippen molar-refractivity contribution in [3.8, 4) is 5.75 Å². The summed E-state index contributed by atoms with van der Waals surface area (Å²) in [5.41, 5.74) is 4.50. The van der Waals surface area contributed by atoms with Gasteiger partial charge in [0.15, 0.2) is 0 Å². The maximum absolute atomic E-state index is 13.0. The summed E-state index contributed by atoms with van der Waals surface area (Å²) in [7, 11) is 0. The number of ether oxygens (including phenoxy) is 1. The molecule has 3 heterocycles. The Morgan fingerprint density at radius 1 is 1.03 bits per heavy atom. The molecule has 2 aromatic heterocycles. The Morgan fingerprint density at radius 3 is 2.56 bits per heavy atom. The van der Waals surface area contributed by atoms with E-state index in [0.29, 0.717) is 50.6 Å². The highest BCUT2D eigenvalue weighted by molar-refractivity contribution is 5.94. The number of carbonyl (C=O) groups excluding carboxylic acids is 1. The zero-order chi connectivity index (χ0) is 25.1. The van der Waals surface area contributed by atoms with Crippen molar-refractivity contribution in [2.24, 2.45) is 0 Å². The first kappa shape index (κ1) is 23.5. The average molecular weight is 486 g/mol. The predicted molar refractivity (Wildman–Crippen MR) is 135 cm³/mol. The number of hydrogen-bond acceptors (Lipinski definition) is 6. The van der Waals surface area contributed by atoms with Gasteiger partial charge in [-0.15, -0.1) is 0 Å². The molecule has 36 heavy (non-hydrogen) atoms. The third-order valence-corrected chi connectivity index (χ3v) is 6.32. The SMILES string of the molecule is Cc1ccc2nc(COc3ccc(C(=O)N4CCN(Cc5cccc([N+](=O)[O-])c5)CC4)cc3)cn2c1. The number of aryl methyl sites for hydroxylation is 1. The van der Waals surface area contributed by atoms with E-state index in [0.717, 1.165) is 22.5 Å². The van der Waals surface area contributed by atoms with E-state index in [-0.39, 0.29) is 16.5 Å². The second-order valence-corrected chi connectivity index (χ2v) is 9.01. The van der Waals surface area contributed by atoms with Crippen LogP contribution >= 0.6 is 0 Å². The van der Waals surface area contributed by atoms with Gasteiger partial charge in [-0.3, -0.25) is 19.8 Å². The summed E-state index contributed by atoms with van der Waals surface area (Å²) in [5.74, 6) is 0.675. The Hall–Kier alpha value is -4.24. The molecular weight excluding hydrogens is 458 g/mol. The molecule has 4 aromatic rings. The van der Waals surface area contributed by atoms with Crippen molar-refractivity contribution in [1.29, 1.82) is 0 Å². The molecule has 184 valence electrons. The predicted octanol–water partition coefficient (Wildman–Crippen LogP) is 4.09. The number of nitrogens with zero attached hydrogens (tertiary/aromatic N) is 5. The summed E-state index contributed by atoms with van der Waals surface area (Å²) in [6, 6.07) is 17.9. The first-order valence-corrected chi connectivity index (χ1v) is 11.9. The minimum Gasteiger partial charge on any atom is -0.487 e. The van der Waals surface area contributed by atoms with Gasteiger partial charge in [0.1, 0.15) is 18.0 Å². The average Bonchev–Trinajstić information content (AvgIpc) is 3.30. The van der Waals surface area contributed by atoms with Crippen molar-refractivity contribution in [1.82, 2.24) is 19.2 Å². The van der Waals surface area contributed by atoms with Gasteiger partial charge in [-0.2, -0.15) is 0 Å². The van der Waals surface area contributed by atoms with Crippen LogP contribution in [0.5, 0.6) is 5.75 Å². The molecule has 0 N–H and O–H groups in total. The van der Waals surface area contributed by atoms with Crippen molar-refractivity contribution in [3.63, 3.8) is 0 Å². The largest absolute Gasteiger partial charge is 0.487 e. The van der Waals surface area contributed by atoms with E-state index in [1.165, 1.54) is 6.07 Å². The quantitative estimate of drug-likeness (QED) is 0.289. The molecule has 9 nitrogen and oxygen atoms in total. The second-order valence-electron chi connectivity index (χ2n) is 9.01. The summed E-state index contributed by atoms with van der Waals surface area (Å²) in [4.78, 5) is 32.2. The van der Waals surface area contributed by atoms with Crippen LogP contribution in [0.3, 0.4) is 0 Å². The van der Waals surface area contributed by atoms with E-state index in [1.54, 1.807) is 24.3 Å². The number of amides is 1. The summed E-state index contributed by atoms with van der Waals surface area (Å²) in [5, 5.41) is 11.0. The first-order valence-electron chi connectivity index (χ1n) is 11.9. The van der Waals surface area contributed by atoms with E-state index in [2.05, 4.69) is 9.88 Å². The number of nitro benzene ring substituents is 1. The number of imidazole rings is 1. The van der Waals surface area contributed by atoms with Crippen LogP contribution in [0.25, 0.3) is 5.65 Å². The number of pyridine rings is 1. The lowest BCUT2D eigenvalue weighted by Crippen LogP contribution is -2.48. The molecule has 1 saturated heterocycles. The highest BCUT2D eigenvalue weighted by Gasteiger charge is 2.22. The van der Waals surface area contributed by atoms with Crippen molar-refractivity contribution in [2.45, 2.75) is 20.1 Å². The molecule has 0 bridgehead atoms. The van der Waals surface area contributed by atoms with E-state index in [4.69, 9.17) is 4.74 Å². The lowest BCUT2D eigenvalue weighted by Gasteiger charge is -2.34. The number of fused-ring (bicyclic) bond motifs is 1. The highest BCUT2D eigenvalue weighted by atomic mass is 16.6. The molecule has 9 heteroatoms. The Bertz CT molecular complexity index is 1390. The van der Waals surface area contributed by atoms with Crippen LogP contribution in [0.2, 0.25) is 0 Å². The van der Waals surface area contributed by atoms with Gasteiger partial charge in [0, 0.05) is 62.8 Å². The summed E-state index contributed by atoms with van der Waals surface area (Å²) in [6.07, 6.45) is 3.98. The lowest BCUT2D eigenvalue weighted by atomic mass is 10.1. The van der Waals surface area contributed by atoms with Crippen LogP contribution in [0, 0.1) is 17.0 Å². The van der Waals surface area contributed by atoms with E-state index in [1.807, 2.05) is 58.9 Å². The molecule has 0 aliphatic carbocycles. The lowest BCUT2D eigenvalue weighted by molar-refractivity contribution is -0.384. The van der Waals surface area contributed by atoms with Crippen LogP contribution in [0.15, 0.2) is 73.1 Å². The molecule has 0 saturated carbocycles. The number of piperazine rings is 1. The smallest absolute Gasteiger partial charge is 0.269 e. The number of aromatic nitrogens is 2. The number of non-ortho nitro benzene ring substituents is 1. The number of rotatable bonds is 7. The molecule has 5 rings (SSSR count). The standard InChI is InChI=1S/C27H27N5O4/c1-20-5-10-26-28-23(18-31(26)16-20)19-36-25-8-6-22(7-9-25)27(33)30-13-11-29(12-14-30)17-21-3-2-4-24(15-21)32(34)35/h2-10,15-16,18H,11-14,17,19H2,1H3. The Labute approximate surface area is 208 Å². The molecule has 1 aliphatic heterocycles. The molecule has 1 aliphatic rings. The van der Waals surface area contributed by atoms with Gasteiger partial charge in [-0.25, -0.2) is 4.98 Å². The first-order chi connectivity index (χ1) is 17.4. The normalized spacial score (nSPS) is 14.2. The fourth-order valence-electron chi connectivity index (χ4n) is 4.39. The minimum absolute atomic E-state index is 0.00716. The van der Waals surface area contributed by atoms with Crippen molar-refractivity contribution >= 4 is 17.2 Å². The van der Waals surface area contributed by atoms with Crippen molar-refractivity contribution in [2.75, 3.05) is 26.2 Å². The number of benzene rings is 2. The zero-order valence-electron chi connectivity index (χ0n) is 20.0. The Kier molecular flexibility index (Phi) is 6.64. The fraction of sp³-hybridized carbons (Fsp3) is 0.259. The van der Waals surface area contributed by atoms with Gasteiger partial charge in [-0.1, -0.05) is 18.2 Å². The summed E-state index contributed by atoms with van der Waals surface area (Å²) < 4.78 is 7.86. The molecule has 0 atom stereocenters. The van der Waals surface area contributed by atoms with Crippen LogP contribution in [0.4, 0.5) is 5.69 Å². The van der Waals surface area contributed by atoms with Gasteiger partial charge in [0.05, 0.1) is 10.6 Å². The molecule has 1 amide bonds. The van der Waals surface area contributed by atoms with Crippen LogP contribution < -0.4 is 4.74 Å². The molecule has 2 aromatic carbocycles. The maximum atomic E-state index is 13.0. The number of hydrogen-bond donors (Lipinski definition) is 0. The van der Waals surface area contributed by atoms with E-state index >= 15 is 0 Å². The summed E-state index contributed by atoms with van der Waals surface area (Å²) in [6.45, 7) is 5.67. The number of carbonyl (C=O) groups is 1. The van der Waals surface area contributed by atoms with E-state index in [9.17, 15) is 14.9 Å². The number of nitro groups is 1. The maximum Gasteiger partial charge on any atom is 0.269 e. The minimum atomic E-state index is -0.378. The van der Waals surface area contributed by atoms with Gasteiger partial charge in [0.25, 0.3) is 11.6 Å². The van der Waals surface area contributed by atoms with Gasteiger partial charge in [0.2, 0.25) is 0 Å². The van der Waals surface area contributed by atoms with E-state index < -0.39 is 0 Å². The molecule has 0 unspecified atom stereocenters. The Morgan fingerprint density at radius 2 is 1.81 bits per heavy atom. The van der Waals surface area contributed by atoms with Gasteiger partial charge < -0.3 is 14.0 Å². The highest BCUT2D eigenvalue weighted by Crippen LogP contribution is 2.19. The fourth-order valence-corrected chi connectivity index (χ4v) is 4.39.